The molecule has 0 radical (unpaired) electrons. The summed E-state index contributed by atoms with van der Waals surface area (Å²) in [6, 6.07) is 19.6. The number of carbonyl (C=O) groups excluding carboxylic acids is 1. The fourth-order valence-corrected chi connectivity index (χ4v) is 5.13. The third-order valence-electron chi connectivity index (χ3n) is 6.24. The Hall–Kier alpha value is -3.12. The molecule has 1 saturated carbocycles. The molecule has 3 aromatic rings. The Morgan fingerprint density at radius 3 is 2.33 bits per heavy atom. The van der Waals surface area contributed by atoms with Crippen LogP contribution >= 0.6 is 15.9 Å². The molecule has 2 aliphatic rings. The monoisotopic (exact) mass is 506 g/mol. The largest absolute Gasteiger partial charge is 0.275 e. The lowest BCUT2D eigenvalue weighted by molar-refractivity contribution is 0.0680. The summed E-state index contributed by atoms with van der Waals surface area (Å²) in [4.78, 5) is 13.6. The third kappa shape index (κ3) is 4.27. The molecule has 0 unspecified atom stereocenters. The lowest BCUT2D eigenvalue weighted by Gasteiger charge is -2.29. The molecule has 1 aliphatic carbocycles. The van der Waals surface area contributed by atoms with E-state index in [4.69, 9.17) is 5.10 Å². The van der Waals surface area contributed by atoms with Gasteiger partial charge >= 0.3 is 0 Å². The highest BCUT2D eigenvalue weighted by Crippen LogP contribution is 2.45. The number of carbonyl (C=O) groups is 1. The van der Waals surface area contributed by atoms with E-state index in [9.17, 15) is 13.6 Å². The molecule has 0 bridgehead atoms. The van der Waals surface area contributed by atoms with E-state index in [1.807, 2.05) is 24.3 Å². The SMILES string of the molecule is O=C(c1ccccc1Br)N1N=C2/C(=C\c3ccc(F)cc3)CCC[C@H]2[C@@H]1c1ccc(F)cc1. The van der Waals surface area contributed by atoms with Crippen LogP contribution in [-0.4, -0.2) is 16.6 Å². The predicted molar refractivity (Wildman–Crippen MR) is 129 cm³/mol. The number of benzene rings is 3. The van der Waals surface area contributed by atoms with Gasteiger partial charge in [0.25, 0.3) is 5.91 Å². The van der Waals surface area contributed by atoms with Gasteiger partial charge in [-0.3, -0.25) is 4.79 Å². The van der Waals surface area contributed by atoms with Crippen molar-refractivity contribution < 1.29 is 13.6 Å². The number of fused-ring (bicyclic) bond motifs is 1. The fourth-order valence-electron chi connectivity index (χ4n) is 4.68. The van der Waals surface area contributed by atoms with Gasteiger partial charge in [0, 0.05) is 10.4 Å². The summed E-state index contributed by atoms with van der Waals surface area (Å²) < 4.78 is 27.7. The molecule has 3 aromatic carbocycles. The zero-order chi connectivity index (χ0) is 22.9. The highest BCUT2D eigenvalue weighted by atomic mass is 79.9. The quantitative estimate of drug-likeness (QED) is 0.370. The van der Waals surface area contributed by atoms with Gasteiger partial charge in [0.1, 0.15) is 11.6 Å². The van der Waals surface area contributed by atoms with Gasteiger partial charge in [-0.25, -0.2) is 13.8 Å². The van der Waals surface area contributed by atoms with Gasteiger partial charge in [-0.15, -0.1) is 0 Å². The van der Waals surface area contributed by atoms with Crippen LogP contribution in [0.3, 0.4) is 0 Å². The molecule has 166 valence electrons. The number of nitrogens with zero attached hydrogens (tertiary/aromatic N) is 2. The van der Waals surface area contributed by atoms with E-state index in [1.165, 1.54) is 24.3 Å². The highest BCUT2D eigenvalue weighted by Gasteiger charge is 2.44. The second-order valence-corrected chi connectivity index (χ2v) is 9.19. The maximum absolute atomic E-state index is 13.7. The topological polar surface area (TPSA) is 32.7 Å². The number of amides is 1. The Morgan fingerprint density at radius 1 is 0.970 bits per heavy atom. The van der Waals surface area contributed by atoms with Gasteiger partial charge in [0.2, 0.25) is 0 Å². The van der Waals surface area contributed by atoms with Crippen molar-refractivity contribution >= 4 is 33.6 Å². The van der Waals surface area contributed by atoms with Gasteiger partial charge < -0.3 is 0 Å². The lowest BCUT2D eigenvalue weighted by atomic mass is 9.77. The molecule has 0 aromatic heterocycles. The van der Waals surface area contributed by atoms with E-state index in [0.29, 0.717) is 10.0 Å². The van der Waals surface area contributed by atoms with Gasteiger partial charge in [-0.05, 0) is 94.4 Å². The molecular weight excluding hydrogens is 486 g/mol. The van der Waals surface area contributed by atoms with E-state index in [2.05, 4.69) is 15.9 Å². The van der Waals surface area contributed by atoms with Crippen molar-refractivity contribution in [1.82, 2.24) is 5.01 Å². The van der Waals surface area contributed by atoms with Crippen LogP contribution in [0, 0.1) is 17.6 Å². The number of halogens is 3. The van der Waals surface area contributed by atoms with Crippen molar-refractivity contribution in [1.29, 1.82) is 0 Å². The molecule has 33 heavy (non-hydrogen) atoms. The van der Waals surface area contributed by atoms with Crippen LogP contribution in [0.5, 0.6) is 0 Å². The highest BCUT2D eigenvalue weighted by molar-refractivity contribution is 9.10. The van der Waals surface area contributed by atoms with E-state index in [-0.39, 0.29) is 29.5 Å². The van der Waals surface area contributed by atoms with Crippen LogP contribution in [0.1, 0.15) is 46.8 Å². The van der Waals surface area contributed by atoms with Crippen molar-refractivity contribution in [2.75, 3.05) is 0 Å². The summed E-state index contributed by atoms with van der Waals surface area (Å²) in [6.07, 6.45) is 4.69. The minimum Gasteiger partial charge on any atom is -0.267 e. The zero-order valence-corrected chi connectivity index (χ0v) is 19.3. The summed E-state index contributed by atoms with van der Waals surface area (Å²) in [7, 11) is 0. The van der Waals surface area contributed by atoms with E-state index >= 15 is 0 Å². The minimum absolute atomic E-state index is 0.00217. The third-order valence-corrected chi connectivity index (χ3v) is 6.93. The average molecular weight is 507 g/mol. The molecular formula is C27H21BrF2N2O. The molecule has 0 saturated heterocycles. The summed E-state index contributed by atoms with van der Waals surface area (Å²) in [5, 5.41) is 6.40. The number of hydrogen-bond acceptors (Lipinski definition) is 2. The summed E-state index contributed by atoms with van der Waals surface area (Å²) in [5.41, 5.74) is 4.19. The number of hydrazone groups is 1. The molecule has 2 atom stereocenters. The zero-order valence-electron chi connectivity index (χ0n) is 17.7. The minimum atomic E-state index is -0.322. The van der Waals surface area contributed by atoms with E-state index in [1.54, 1.807) is 35.3 Å². The Bertz CT molecular complexity index is 1250. The number of allylic oxidation sites excluding steroid dienone is 1. The van der Waals surface area contributed by atoms with Crippen LogP contribution in [0.4, 0.5) is 8.78 Å². The molecule has 1 fully saturated rings. The normalized spacial score (nSPS) is 21.1. The Labute approximate surface area is 199 Å². The molecule has 0 N–H and O–H groups in total. The van der Waals surface area contributed by atoms with E-state index in [0.717, 1.165) is 41.7 Å². The Kier molecular flexibility index (Phi) is 5.94. The van der Waals surface area contributed by atoms with Gasteiger partial charge in [0.05, 0.1) is 17.3 Å². The second-order valence-electron chi connectivity index (χ2n) is 8.33. The first-order chi connectivity index (χ1) is 16.0. The molecule has 5 rings (SSSR count). The lowest BCUT2D eigenvalue weighted by Crippen LogP contribution is -2.32. The molecule has 1 amide bonds. The Balaban J connectivity index is 1.59. The van der Waals surface area contributed by atoms with Crippen molar-refractivity contribution in [3.8, 4) is 0 Å². The van der Waals surface area contributed by atoms with Crippen LogP contribution < -0.4 is 0 Å². The average Bonchev–Trinajstić information content (AvgIpc) is 3.22. The number of rotatable bonds is 3. The van der Waals surface area contributed by atoms with Gasteiger partial charge in [-0.2, -0.15) is 5.10 Å². The molecule has 1 heterocycles. The van der Waals surface area contributed by atoms with Crippen LogP contribution in [0.25, 0.3) is 6.08 Å². The molecule has 3 nitrogen and oxygen atoms in total. The van der Waals surface area contributed by atoms with Gasteiger partial charge in [-0.1, -0.05) is 36.4 Å². The standard InChI is InChI=1S/C27H21BrF2N2O/c28-24-7-2-1-5-22(24)27(33)32-26(18-10-14-21(30)15-11-18)23-6-3-4-19(25(23)31-32)16-17-8-12-20(29)13-9-17/h1-2,5,7-16,23,26H,3-4,6H2/b19-16-/t23-,26+/m1/s1. The first-order valence-electron chi connectivity index (χ1n) is 10.9. The van der Waals surface area contributed by atoms with Crippen LogP contribution in [0.15, 0.2) is 87.9 Å². The summed E-state index contributed by atoms with van der Waals surface area (Å²) in [5.74, 6) is -0.803. The molecule has 0 spiro atoms. The van der Waals surface area contributed by atoms with Gasteiger partial charge in [0.15, 0.2) is 0 Å². The van der Waals surface area contributed by atoms with Crippen molar-refractivity contribution in [3.05, 3.63) is 111 Å². The van der Waals surface area contributed by atoms with Crippen LogP contribution in [0.2, 0.25) is 0 Å². The first kappa shape index (κ1) is 21.7. The molecule has 6 heteroatoms. The van der Waals surface area contributed by atoms with Crippen LogP contribution in [-0.2, 0) is 0 Å². The fraction of sp³-hybridized carbons (Fsp3) is 0.185. The molecule has 1 aliphatic heterocycles. The van der Waals surface area contributed by atoms with E-state index < -0.39 is 0 Å². The Morgan fingerprint density at radius 2 is 1.64 bits per heavy atom. The first-order valence-corrected chi connectivity index (χ1v) is 11.7. The second kappa shape index (κ2) is 9.02. The van der Waals surface area contributed by atoms with Crippen molar-refractivity contribution in [2.24, 2.45) is 11.0 Å². The maximum atomic E-state index is 13.7. The number of hydrogen-bond donors (Lipinski definition) is 0. The smallest absolute Gasteiger partial charge is 0.267 e. The predicted octanol–water partition coefficient (Wildman–Crippen LogP) is 7.16. The maximum Gasteiger partial charge on any atom is 0.275 e. The van der Waals surface area contributed by atoms with Crippen molar-refractivity contribution in [3.63, 3.8) is 0 Å². The van der Waals surface area contributed by atoms with Crippen molar-refractivity contribution in [2.45, 2.75) is 25.3 Å². The summed E-state index contributed by atoms with van der Waals surface area (Å²) >= 11 is 3.48. The summed E-state index contributed by atoms with van der Waals surface area (Å²) in [6.45, 7) is 0.